The molecule has 2 atom stereocenters. The zero-order valence-electron chi connectivity index (χ0n) is 22.8. The van der Waals surface area contributed by atoms with Gasteiger partial charge in [-0.05, 0) is 91.9 Å². The third-order valence-corrected chi connectivity index (χ3v) is 7.14. The molecule has 2 saturated heterocycles. The summed E-state index contributed by atoms with van der Waals surface area (Å²) in [5.74, 6) is -8.42. The van der Waals surface area contributed by atoms with Crippen molar-refractivity contribution in [2.75, 3.05) is 9.80 Å². The second-order valence-corrected chi connectivity index (χ2v) is 10.4. The predicted octanol–water partition coefficient (Wildman–Crippen LogP) is 3.20. The fourth-order valence-corrected chi connectivity index (χ4v) is 5.63. The summed E-state index contributed by atoms with van der Waals surface area (Å²) < 4.78 is 0. The molecule has 0 saturated carbocycles. The number of carbonyl (C=O) groups is 6. The summed E-state index contributed by atoms with van der Waals surface area (Å²) in [6.07, 6.45) is 2.80. The van der Waals surface area contributed by atoms with Gasteiger partial charge in [0.05, 0.1) is 11.4 Å². The number of carbonyl (C=O) groups excluding carboxylic acids is 6. The molecule has 0 spiro atoms. The highest BCUT2D eigenvalue weighted by atomic mass is 16.2. The number of aromatic nitrogens is 1. The molecule has 0 radical (unpaired) electrons. The Bertz CT molecular complexity index is 1490. The van der Waals surface area contributed by atoms with Gasteiger partial charge in [0.2, 0.25) is 23.6 Å². The monoisotopic (exact) mass is 553 g/mol. The average molecular weight is 554 g/mol. The van der Waals surface area contributed by atoms with Crippen LogP contribution in [0.4, 0.5) is 21.0 Å². The van der Waals surface area contributed by atoms with Crippen molar-refractivity contribution in [2.45, 2.75) is 33.6 Å². The van der Waals surface area contributed by atoms with Gasteiger partial charge in [0.25, 0.3) is 0 Å². The molecular formula is C30H27N5O6. The Labute approximate surface area is 235 Å². The van der Waals surface area contributed by atoms with Gasteiger partial charge in [-0.15, -0.1) is 0 Å². The number of urea groups is 2. The lowest BCUT2D eigenvalue weighted by molar-refractivity contribution is -0.140. The molecule has 3 aromatic rings. The first-order valence-corrected chi connectivity index (χ1v) is 12.9. The van der Waals surface area contributed by atoms with Crippen LogP contribution in [0.3, 0.4) is 0 Å². The molecular weight excluding hydrogens is 526 g/mol. The molecule has 0 bridgehead atoms. The molecule has 0 aliphatic carbocycles. The number of rotatable bonds is 5. The first-order valence-electron chi connectivity index (χ1n) is 12.9. The molecule has 0 unspecified atom stereocenters. The van der Waals surface area contributed by atoms with Gasteiger partial charge >= 0.3 is 12.1 Å². The summed E-state index contributed by atoms with van der Waals surface area (Å²) in [5.41, 5.74) is 3.89. The minimum absolute atomic E-state index is 0.238. The number of hydrogen-bond donors (Lipinski definition) is 2. The molecule has 3 heterocycles. The summed E-state index contributed by atoms with van der Waals surface area (Å²) in [4.78, 5) is 86.5. The molecule has 2 aliphatic rings. The maximum absolute atomic E-state index is 14.1. The molecule has 1 aromatic heterocycles. The molecule has 2 aromatic carbocycles. The lowest BCUT2D eigenvalue weighted by Crippen LogP contribution is -2.64. The number of nitrogens with zero attached hydrogens (tertiary/aromatic N) is 3. The number of benzene rings is 2. The largest absolute Gasteiger partial charge is 0.335 e. The third-order valence-electron chi connectivity index (χ3n) is 7.14. The van der Waals surface area contributed by atoms with E-state index in [4.69, 9.17) is 0 Å². The normalized spacial score (nSPS) is 19.5. The van der Waals surface area contributed by atoms with Crippen molar-refractivity contribution >= 4 is 47.1 Å². The molecule has 2 fully saturated rings. The highest BCUT2D eigenvalue weighted by Gasteiger charge is 2.55. The SMILES string of the molecule is Cc1cc(C)cc(N2C(=O)NC(=O)[C@H](C(c3ccncc3)[C@H]3C(=O)NC(=O)N(c4cc(C)cc(C)c4)C3=O)C2=O)c1. The molecule has 2 aliphatic heterocycles. The van der Waals surface area contributed by atoms with Crippen LogP contribution in [0.15, 0.2) is 60.9 Å². The Morgan fingerprint density at radius 3 is 1.34 bits per heavy atom. The van der Waals surface area contributed by atoms with E-state index < -0.39 is 53.4 Å². The van der Waals surface area contributed by atoms with Gasteiger partial charge in [0, 0.05) is 18.3 Å². The summed E-state index contributed by atoms with van der Waals surface area (Å²) in [6, 6.07) is 11.3. The van der Waals surface area contributed by atoms with Crippen LogP contribution in [-0.4, -0.2) is 40.7 Å². The highest BCUT2D eigenvalue weighted by Crippen LogP contribution is 2.40. The third kappa shape index (κ3) is 4.97. The van der Waals surface area contributed by atoms with Crippen LogP contribution < -0.4 is 20.4 Å². The zero-order chi connectivity index (χ0) is 29.6. The number of imide groups is 4. The fraction of sp³-hybridized carbons (Fsp3) is 0.233. The summed E-state index contributed by atoms with van der Waals surface area (Å²) in [7, 11) is 0. The van der Waals surface area contributed by atoms with Crippen LogP contribution in [0.25, 0.3) is 0 Å². The Kier molecular flexibility index (Phi) is 6.96. The quantitative estimate of drug-likeness (QED) is 0.462. The molecule has 5 rings (SSSR count). The van der Waals surface area contributed by atoms with Gasteiger partial charge in [0.15, 0.2) is 0 Å². The van der Waals surface area contributed by atoms with Crippen LogP contribution in [0.2, 0.25) is 0 Å². The van der Waals surface area contributed by atoms with Crippen molar-refractivity contribution in [3.8, 4) is 0 Å². The molecule has 41 heavy (non-hydrogen) atoms. The van der Waals surface area contributed by atoms with Gasteiger partial charge in [-0.1, -0.05) is 12.1 Å². The molecule has 11 heteroatoms. The van der Waals surface area contributed by atoms with E-state index in [0.717, 1.165) is 32.1 Å². The second-order valence-electron chi connectivity index (χ2n) is 10.4. The van der Waals surface area contributed by atoms with Crippen molar-refractivity contribution in [1.82, 2.24) is 15.6 Å². The number of barbiturate groups is 2. The van der Waals surface area contributed by atoms with Crippen LogP contribution in [0, 0.1) is 39.5 Å². The maximum Gasteiger partial charge on any atom is 0.335 e. The van der Waals surface area contributed by atoms with Crippen molar-refractivity contribution in [1.29, 1.82) is 0 Å². The molecule has 208 valence electrons. The Balaban J connectivity index is 1.64. The lowest BCUT2D eigenvalue weighted by Gasteiger charge is -2.39. The van der Waals surface area contributed by atoms with Gasteiger partial charge in [-0.2, -0.15) is 0 Å². The molecule has 2 N–H and O–H groups in total. The fourth-order valence-electron chi connectivity index (χ4n) is 5.63. The molecule has 11 nitrogen and oxygen atoms in total. The molecule has 8 amide bonds. The summed E-state index contributed by atoms with van der Waals surface area (Å²) >= 11 is 0. The van der Waals surface area contributed by atoms with E-state index in [0.29, 0.717) is 0 Å². The Morgan fingerprint density at radius 1 is 0.610 bits per heavy atom. The number of amides is 8. The Morgan fingerprint density at radius 2 is 0.976 bits per heavy atom. The van der Waals surface area contributed by atoms with Crippen molar-refractivity contribution < 1.29 is 28.8 Å². The van der Waals surface area contributed by atoms with Crippen molar-refractivity contribution in [3.63, 3.8) is 0 Å². The van der Waals surface area contributed by atoms with E-state index in [-0.39, 0.29) is 16.9 Å². The summed E-state index contributed by atoms with van der Waals surface area (Å²) in [5, 5.41) is 4.44. The van der Waals surface area contributed by atoms with Crippen LogP contribution in [0.5, 0.6) is 0 Å². The minimum atomic E-state index is -1.66. The van der Waals surface area contributed by atoms with Gasteiger partial charge in [0.1, 0.15) is 11.8 Å². The van der Waals surface area contributed by atoms with Crippen LogP contribution in [0.1, 0.15) is 33.7 Å². The van der Waals surface area contributed by atoms with Gasteiger partial charge in [-0.25, -0.2) is 19.4 Å². The summed E-state index contributed by atoms with van der Waals surface area (Å²) in [6.45, 7) is 7.20. The van der Waals surface area contributed by atoms with Gasteiger partial charge in [-0.3, -0.25) is 34.8 Å². The maximum atomic E-state index is 14.1. The van der Waals surface area contributed by atoms with Gasteiger partial charge < -0.3 is 0 Å². The zero-order valence-corrected chi connectivity index (χ0v) is 22.8. The van der Waals surface area contributed by atoms with E-state index in [1.54, 1.807) is 52.0 Å². The second kappa shape index (κ2) is 10.4. The number of pyridine rings is 1. The average Bonchev–Trinajstić information content (AvgIpc) is 2.86. The van der Waals surface area contributed by atoms with E-state index in [9.17, 15) is 28.8 Å². The van der Waals surface area contributed by atoms with E-state index in [2.05, 4.69) is 15.6 Å². The van der Waals surface area contributed by atoms with Crippen molar-refractivity contribution in [2.24, 2.45) is 11.8 Å². The number of aryl methyl sites for hydroxylation is 4. The first kappa shape index (κ1) is 27.4. The lowest BCUT2D eigenvalue weighted by atomic mass is 9.73. The first-order chi connectivity index (χ1) is 19.5. The van der Waals surface area contributed by atoms with Crippen LogP contribution >= 0.6 is 0 Å². The number of nitrogens with one attached hydrogen (secondary N) is 2. The standard InChI is InChI=1S/C30H27N5O6/c1-15-9-16(2)12-20(11-15)34-27(38)23(25(36)32-29(34)40)22(19-5-7-31-8-6-19)24-26(37)33-30(41)35(28(24)39)21-13-17(3)10-18(4)14-21/h5-14,22-24H,1-4H3,(H,32,36,40)(H,33,37,41)/t23-,24-/m0/s1. The van der Waals surface area contributed by atoms with Crippen LogP contribution in [-0.2, 0) is 19.2 Å². The van der Waals surface area contributed by atoms with Crippen molar-refractivity contribution in [3.05, 3.63) is 88.7 Å². The predicted molar refractivity (Wildman–Crippen MR) is 148 cm³/mol. The van der Waals surface area contributed by atoms with E-state index in [1.807, 2.05) is 12.1 Å². The highest BCUT2D eigenvalue weighted by molar-refractivity contribution is 6.31. The van der Waals surface area contributed by atoms with E-state index >= 15 is 0 Å². The van der Waals surface area contributed by atoms with E-state index in [1.165, 1.54) is 24.5 Å². The topological polar surface area (TPSA) is 146 Å². The number of hydrogen-bond acceptors (Lipinski definition) is 7. The minimum Gasteiger partial charge on any atom is -0.277 e. The number of anilines is 2. The smallest absolute Gasteiger partial charge is 0.277 e. The Hall–Kier alpha value is -5.19.